The maximum Gasteiger partial charge on any atom is 0.253 e. The second-order valence-corrected chi connectivity index (χ2v) is 5.61. The molecule has 0 aliphatic heterocycles. The average molecular weight is 286 g/mol. The first-order chi connectivity index (χ1) is 8.73. The summed E-state index contributed by atoms with van der Waals surface area (Å²) in [6.07, 6.45) is 0.507. The summed E-state index contributed by atoms with van der Waals surface area (Å²) in [6.45, 7) is 3.90. The molecule has 1 aromatic rings. The van der Waals surface area contributed by atoms with E-state index in [1.807, 2.05) is 0 Å². The van der Waals surface area contributed by atoms with Gasteiger partial charge in [-0.25, -0.2) is 0 Å². The molecule has 0 bridgehead atoms. The molecular weight excluding hydrogens is 266 g/mol. The van der Waals surface area contributed by atoms with Crippen LogP contribution in [0.3, 0.4) is 0 Å². The van der Waals surface area contributed by atoms with E-state index in [1.165, 1.54) is 7.11 Å². The quantitative estimate of drug-likeness (QED) is 0.905. The van der Waals surface area contributed by atoms with Crippen molar-refractivity contribution in [3.05, 3.63) is 28.8 Å². The van der Waals surface area contributed by atoms with Crippen LogP contribution in [0, 0.1) is 0 Å². The summed E-state index contributed by atoms with van der Waals surface area (Å²) in [5.74, 6) is 0.400. The molecule has 0 atom stereocenters. The van der Waals surface area contributed by atoms with Crippen molar-refractivity contribution in [1.82, 2.24) is 4.90 Å². The summed E-state index contributed by atoms with van der Waals surface area (Å²) >= 11 is 5.94. The number of rotatable bonds is 5. The normalized spacial score (nSPS) is 11.3. The minimum atomic E-state index is -0.791. The van der Waals surface area contributed by atoms with Crippen molar-refractivity contribution in [3.63, 3.8) is 0 Å². The summed E-state index contributed by atoms with van der Waals surface area (Å²) in [4.78, 5) is 13.8. The van der Waals surface area contributed by atoms with Crippen molar-refractivity contribution < 1.29 is 14.6 Å². The molecule has 0 saturated heterocycles. The third-order valence-electron chi connectivity index (χ3n) is 2.76. The lowest BCUT2D eigenvalue weighted by atomic mass is 10.1. The van der Waals surface area contributed by atoms with Crippen LogP contribution in [0.5, 0.6) is 5.75 Å². The minimum absolute atomic E-state index is 0.148. The average Bonchev–Trinajstić information content (AvgIpc) is 2.33. The molecule has 1 rings (SSSR count). The molecule has 1 amide bonds. The molecule has 0 fully saturated rings. The first-order valence-electron chi connectivity index (χ1n) is 6.05. The molecule has 0 aliphatic carbocycles. The van der Waals surface area contributed by atoms with Gasteiger partial charge in [-0.1, -0.05) is 11.6 Å². The van der Waals surface area contributed by atoms with Crippen LogP contribution in [0.1, 0.15) is 30.6 Å². The number of hydrogen-bond donors (Lipinski definition) is 1. The molecule has 0 heterocycles. The number of carbonyl (C=O) groups excluding carboxylic acids is 1. The second kappa shape index (κ2) is 6.26. The van der Waals surface area contributed by atoms with Gasteiger partial charge in [0.15, 0.2) is 0 Å². The van der Waals surface area contributed by atoms with E-state index < -0.39 is 5.60 Å². The number of carbonyl (C=O) groups is 1. The van der Waals surface area contributed by atoms with Gasteiger partial charge in [-0.05, 0) is 38.5 Å². The molecular formula is C14H20ClNO3. The monoisotopic (exact) mass is 285 g/mol. The Labute approximate surface area is 118 Å². The van der Waals surface area contributed by atoms with Gasteiger partial charge in [0.2, 0.25) is 0 Å². The van der Waals surface area contributed by atoms with E-state index in [4.69, 9.17) is 16.3 Å². The molecule has 4 nitrogen and oxygen atoms in total. The van der Waals surface area contributed by atoms with Gasteiger partial charge >= 0.3 is 0 Å². The molecule has 1 aromatic carbocycles. The van der Waals surface area contributed by atoms with Crippen molar-refractivity contribution in [1.29, 1.82) is 0 Å². The summed E-state index contributed by atoms with van der Waals surface area (Å²) in [5.41, 5.74) is -0.316. The van der Waals surface area contributed by atoms with Gasteiger partial charge in [-0.2, -0.15) is 0 Å². The fraction of sp³-hybridized carbons (Fsp3) is 0.500. The number of ether oxygens (including phenoxy) is 1. The van der Waals surface area contributed by atoms with Gasteiger partial charge in [0.1, 0.15) is 5.75 Å². The molecule has 0 aromatic heterocycles. The minimum Gasteiger partial charge on any atom is -0.497 e. The van der Waals surface area contributed by atoms with Crippen LogP contribution in [-0.2, 0) is 0 Å². The lowest BCUT2D eigenvalue weighted by Crippen LogP contribution is -2.32. The van der Waals surface area contributed by atoms with Crippen molar-refractivity contribution in [2.45, 2.75) is 25.9 Å². The third-order valence-corrected chi connectivity index (χ3v) is 2.98. The Kier molecular flexibility index (Phi) is 5.20. The number of methoxy groups -OCH3 is 1. The fourth-order valence-corrected chi connectivity index (χ4v) is 1.79. The SMILES string of the molecule is COc1cc(Cl)cc(C(=O)N(C)CCC(C)(C)O)c1. The smallest absolute Gasteiger partial charge is 0.253 e. The summed E-state index contributed by atoms with van der Waals surface area (Å²) in [5, 5.41) is 10.1. The maximum absolute atomic E-state index is 12.2. The highest BCUT2D eigenvalue weighted by atomic mass is 35.5. The van der Waals surface area contributed by atoms with Crippen LogP contribution in [-0.4, -0.2) is 42.2 Å². The Morgan fingerprint density at radius 2 is 2.05 bits per heavy atom. The summed E-state index contributed by atoms with van der Waals surface area (Å²) in [6, 6.07) is 4.90. The highest BCUT2D eigenvalue weighted by molar-refractivity contribution is 6.31. The molecule has 5 heteroatoms. The molecule has 0 radical (unpaired) electrons. The number of aliphatic hydroxyl groups is 1. The molecule has 0 saturated carbocycles. The van der Waals surface area contributed by atoms with Crippen molar-refractivity contribution in [2.75, 3.05) is 20.7 Å². The Hall–Kier alpha value is -1.26. The van der Waals surface area contributed by atoms with Crippen LogP contribution in [0.15, 0.2) is 18.2 Å². The lowest BCUT2D eigenvalue weighted by Gasteiger charge is -2.23. The van der Waals surface area contributed by atoms with E-state index in [-0.39, 0.29) is 5.91 Å². The van der Waals surface area contributed by atoms with Crippen molar-refractivity contribution >= 4 is 17.5 Å². The van der Waals surface area contributed by atoms with Gasteiger partial charge in [-0.15, -0.1) is 0 Å². The molecule has 0 unspecified atom stereocenters. The predicted molar refractivity (Wildman–Crippen MR) is 75.9 cm³/mol. The van der Waals surface area contributed by atoms with Crippen LogP contribution < -0.4 is 4.74 Å². The van der Waals surface area contributed by atoms with E-state index in [0.717, 1.165) is 0 Å². The fourth-order valence-electron chi connectivity index (χ4n) is 1.57. The third kappa shape index (κ3) is 5.09. The van der Waals surface area contributed by atoms with Gasteiger partial charge in [0, 0.05) is 24.2 Å². The first kappa shape index (κ1) is 15.8. The Balaban J connectivity index is 2.79. The van der Waals surface area contributed by atoms with Crippen LogP contribution in [0.4, 0.5) is 0 Å². The molecule has 0 aliphatic rings. The molecule has 0 spiro atoms. The van der Waals surface area contributed by atoms with Crippen LogP contribution in [0.2, 0.25) is 5.02 Å². The lowest BCUT2D eigenvalue weighted by molar-refractivity contribution is 0.0544. The summed E-state index contributed by atoms with van der Waals surface area (Å²) < 4.78 is 5.08. The predicted octanol–water partition coefficient (Wildman–Crippen LogP) is 2.58. The molecule has 106 valence electrons. The van der Waals surface area contributed by atoms with E-state index >= 15 is 0 Å². The number of halogens is 1. The Morgan fingerprint density at radius 3 is 2.58 bits per heavy atom. The van der Waals surface area contributed by atoms with Gasteiger partial charge < -0.3 is 14.7 Å². The van der Waals surface area contributed by atoms with E-state index in [1.54, 1.807) is 44.0 Å². The van der Waals surface area contributed by atoms with Gasteiger partial charge in [-0.3, -0.25) is 4.79 Å². The van der Waals surface area contributed by atoms with E-state index in [0.29, 0.717) is 29.3 Å². The van der Waals surface area contributed by atoms with Crippen molar-refractivity contribution in [3.8, 4) is 5.75 Å². The van der Waals surface area contributed by atoms with Crippen molar-refractivity contribution in [2.24, 2.45) is 0 Å². The zero-order valence-corrected chi connectivity index (χ0v) is 12.5. The number of benzene rings is 1. The number of amides is 1. The van der Waals surface area contributed by atoms with E-state index in [9.17, 15) is 9.90 Å². The zero-order chi connectivity index (χ0) is 14.6. The highest BCUT2D eigenvalue weighted by Gasteiger charge is 2.18. The largest absolute Gasteiger partial charge is 0.497 e. The van der Waals surface area contributed by atoms with Gasteiger partial charge in [0.25, 0.3) is 5.91 Å². The molecule has 19 heavy (non-hydrogen) atoms. The highest BCUT2D eigenvalue weighted by Crippen LogP contribution is 2.21. The van der Waals surface area contributed by atoms with Gasteiger partial charge in [0.05, 0.1) is 12.7 Å². The van der Waals surface area contributed by atoms with E-state index in [2.05, 4.69) is 0 Å². The number of hydrogen-bond acceptors (Lipinski definition) is 3. The number of nitrogens with zero attached hydrogens (tertiary/aromatic N) is 1. The maximum atomic E-state index is 12.2. The zero-order valence-electron chi connectivity index (χ0n) is 11.7. The second-order valence-electron chi connectivity index (χ2n) is 5.17. The molecule has 1 N–H and O–H groups in total. The van der Waals surface area contributed by atoms with Crippen LogP contribution >= 0.6 is 11.6 Å². The topological polar surface area (TPSA) is 49.8 Å². The van der Waals surface area contributed by atoms with Crippen LogP contribution in [0.25, 0.3) is 0 Å². The standard InChI is InChI=1S/C14H20ClNO3/c1-14(2,18)5-6-16(3)13(17)10-7-11(15)9-12(8-10)19-4/h7-9,18H,5-6H2,1-4H3. The Morgan fingerprint density at radius 1 is 1.42 bits per heavy atom. The first-order valence-corrected chi connectivity index (χ1v) is 6.43. The Bertz CT molecular complexity index is 454. The summed E-state index contributed by atoms with van der Waals surface area (Å²) in [7, 11) is 3.22.